The Kier molecular flexibility index (Phi) is 9.59. The molecule has 3 aromatic carbocycles. The van der Waals surface area contributed by atoms with Gasteiger partial charge in [0.25, 0.3) is 0 Å². The van der Waals surface area contributed by atoms with E-state index in [1.54, 1.807) is 24.3 Å². The van der Waals surface area contributed by atoms with Crippen LogP contribution in [0.5, 0.6) is 5.75 Å². The minimum absolute atomic E-state index is 0.102. The smallest absolute Gasteiger partial charge is 0.223 e. The number of hydrogen-bond acceptors (Lipinski definition) is 3. The number of likely N-dealkylation sites (N-methyl/N-ethyl adjacent to an activating group) is 1. The van der Waals surface area contributed by atoms with Crippen molar-refractivity contribution in [2.75, 3.05) is 26.2 Å². The maximum atomic E-state index is 13.4. The monoisotopic (exact) mass is 466 g/mol. The molecule has 3 aromatic rings. The predicted molar refractivity (Wildman–Crippen MR) is 131 cm³/mol. The van der Waals surface area contributed by atoms with Crippen molar-refractivity contribution in [1.29, 1.82) is 0 Å². The zero-order valence-electron chi connectivity index (χ0n) is 19.7. The van der Waals surface area contributed by atoms with Crippen LogP contribution < -0.4 is 10.1 Å². The van der Waals surface area contributed by atoms with Gasteiger partial charge in [-0.05, 0) is 67.0 Å². The van der Waals surface area contributed by atoms with Gasteiger partial charge in [0.1, 0.15) is 24.0 Å². The standard InChI is InChI=1S/C28H32F2N2O2/c1-3-32(19-20-34-26-7-5-4-6-8-26)18-17-21(2)28(33)31-27(22-9-13-24(29)14-10-22)23-11-15-25(30)16-12-23/h4-16,21,27H,3,17-20H2,1-2H3,(H,31,33). The third-order valence-corrected chi connectivity index (χ3v) is 5.89. The number of nitrogens with zero attached hydrogens (tertiary/aromatic N) is 1. The first-order chi connectivity index (χ1) is 16.5. The lowest BCUT2D eigenvalue weighted by Gasteiger charge is -2.24. The van der Waals surface area contributed by atoms with Gasteiger partial charge in [-0.25, -0.2) is 8.78 Å². The van der Waals surface area contributed by atoms with Crippen LogP contribution >= 0.6 is 0 Å². The van der Waals surface area contributed by atoms with Gasteiger partial charge in [0.05, 0.1) is 6.04 Å². The Morgan fingerprint density at radius 1 is 0.882 bits per heavy atom. The maximum absolute atomic E-state index is 13.4. The van der Waals surface area contributed by atoms with Gasteiger partial charge < -0.3 is 15.0 Å². The Labute approximate surface area is 200 Å². The van der Waals surface area contributed by atoms with E-state index in [2.05, 4.69) is 17.1 Å². The summed E-state index contributed by atoms with van der Waals surface area (Å²) in [5.41, 5.74) is 1.48. The van der Waals surface area contributed by atoms with Crippen LogP contribution in [0.3, 0.4) is 0 Å². The molecule has 3 rings (SSSR count). The third kappa shape index (κ3) is 7.66. The number of hydrogen-bond donors (Lipinski definition) is 1. The van der Waals surface area contributed by atoms with Gasteiger partial charge in [-0.3, -0.25) is 4.79 Å². The van der Waals surface area contributed by atoms with Crippen molar-refractivity contribution in [3.63, 3.8) is 0 Å². The Hall–Kier alpha value is -3.25. The van der Waals surface area contributed by atoms with Crippen LogP contribution in [0.4, 0.5) is 8.78 Å². The maximum Gasteiger partial charge on any atom is 0.223 e. The fourth-order valence-corrected chi connectivity index (χ4v) is 3.70. The predicted octanol–water partition coefficient (Wildman–Crippen LogP) is 5.60. The van der Waals surface area contributed by atoms with Crippen molar-refractivity contribution in [2.24, 2.45) is 5.92 Å². The SMILES string of the molecule is CCN(CCOc1ccccc1)CCC(C)C(=O)NC(c1ccc(F)cc1)c1ccc(F)cc1. The van der Waals surface area contributed by atoms with Crippen LogP contribution in [0.2, 0.25) is 0 Å². The van der Waals surface area contributed by atoms with Gasteiger partial charge in [0.2, 0.25) is 5.91 Å². The van der Waals surface area contributed by atoms with E-state index in [0.29, 0.717) is 13.0 Å². The molecular formula is C28H32F2N2O2. The van der Waals surface area contributed by atoms with E-state index in [1.165, 1.54) is 24.3 Å². The van der Waals surface area contributed by atoms with E-state index in [4.69, 9.17) is 4.74 Å². The molecule has 0 aromatic heterocycles. The molecule has 1 N–H and O–H groups in total. The second-order valence-electron chi connectivity index (χ2n) is 8.33. The normalized spacial score (nSPS) is 12.1. The summed E-state index contributed by atoms with van der Waals surface area (Å²) in [6, 6.07) is 21.2. The molecule has 1 unspecified atom stereocenters. The van der Waals surface area contributed by atoms with Crippen LogP contribution in [-0.4, -0.2) is 37.0 Å². The number of rotatable bonds is 12. The van der Waals surface area contributed by atoms with E-state index in [0.717, 1.165) is 36.5 Å². The first kappa shape index (κ1) is 25.4. The lowest BCUT2D eigenvalue weighted by Crippen LogP contribution is -2.36. The molecule has 0 heterocycles. The number of carbonyl (C=O) groups is 1. The molecular weight excluding hydrogens is 434 g/mol. The summed E-state index contributed by atoms with van der Waals surface area (Å²) in [5, 5.41) is 3.07. The van der Waals surface area contributed by atoms with Crippen molar-refractivity contribution in [1.82, 2.24) is 10.2 Å². The van der Waals surface area contributed by atoms with E-state index < -0.39 is 6.04 Å². The highest BCUT2D eigenvalue weighted by Gasteiger charge is 2.21. The number of benzene rings is 3. The third-order valence-electron chi connectivity index (χ3n) is 5.89. The molecule has 6 heteroatoms. The van der Waals surface area contributed by atoms with Crippen molar-refractivity contribution in [3.8, 4) is 5.75 Å². The fourth-order valence-electron chi connectivity index (χ4n) is 3.70. The number of para-hydroxylation sites is 1. The summed E-state index contributed by atoms with van der Waals surface area (Å²) >= 11 is 0. The highest BCUT2D eigenvalue weighted by Crippen LogP contribution is 2.24. The summed E-state index contributed by atoms with van der Waals surface area (Å²) in [5.74, 6) is -0.184. The lowest BCUT2D eigenvalue weighted by atomic mass is 9.97. The second kappa shape index (κ2) is 12.8. The average Bonchev–Trinajstić information content (AvgIpc) is 2.86. The molecule has 0 saturated heterocycles. The van der Waals surface area contributed by atoms with Crippen LogP contribution in [0.15, 0.2) is 78.9 Å². The molecule has 0 aliphatic heterocycles. The molecule has 0 aliphatic carbocycles. The van der Waals surface area contributed by atoms with Gasteiger partial charge >= 0.3 is 0 Å². The first-order valence-corrected chi connectivity index (χ1v) is 11.7. The van der Waals surface area contributed by atoms with E-state index in [1.807, 2.05) is 37.3 Å². The molecule has 0 spiro atoms. The Balaban J connectivity index is 1.56. The zero-order valence-corrected chi connectivity index (χ0v) is 19.7. The summed E-state index contributed by atoms with van der Waals surface area (Å²) in [4.78, 5) is 15.3. The molecule has 0 saturated carbocycles. The molecule has 180 valence electrons. The van der Waals surface area contributed by atoms with E-state index in [-0.39, 0.29) is 23.5 Å². The fraction of sp³-hybridized carbons (Fsp3) is 0.321. The molecule has 0 aliphatic rings. The molecule has 4 nitrogen and oxygen atoms in total. The van der Waals surface area contributed by atoms with Crippen LogP contribution in [0, 0.1) is 17.6 Å². The molecule has 34 heavy (non-hydrogen) atoms. The molecule has 0 fully saturated rings. The minimum atomic E-state index is -0.488. The van der Waals surface area contributed by atoms with E-state index >= 15 is 0 Å². The lowest BCUT2D eigenvalue weighted by molar-refractivity contribution is -0.125. The second-order valence-corrected chi connectivity index (χ2v) is 8.33. The quantitative estimate of drug-likeness (QED) is 0.378. The van der Waals surface area contributed by atoms with Crippen LogP contribution in [0.25, 0.3) is 0 Å². The number of nitrogens with one attached hydrogen (secondary N) is 1. The molecule has 0 bridgehead atoms. The number of halogens is 2. The van der Waals surface area contributed by atoms with Gasteiger partial charge in [-0.15, -0.1) is 0 Å². The van der Waals surface area contributed by atoms with Crippen molar-refractivity contribution < 1.29 is 18.3 Å². The number of carbonyl (C=O) groups excluding carboxylic acids is 1. The minimum Gasteiger partial charge on any atom is -0.492 e. The Morgan fingerprint density at radius 2 is 1.44 bits per heavy atom. The number of ether oxygens (including phenoxy) is 1. The highest BCUT2D eigenvalue weighted by atomic mass is 19.1. The Bertz CT molecular complexity index is 965. The zero-order chi connectivity index (χ0) is 24.3. The summed E-state index contributed by atoms with van der Waals surface area (Å²) < 4.78 is 32.7. The first-order valence-electron chi connectivity index (χ1n) is 11.7. The summed E-state index contributed by atoms with van der Waals surface area (Å²) in [7, 11) is 0. The largest absolute Gasteiger partial charge is 0.492 e. The van der Waals surface area contributed by atoms with Crippen LogP contribution in [0.1, 0.15) is 37.4 Å². The molecule has 0 radical (unpaired) electrons. The van der Waals surface area contributed by atoms with Gasteiger partial charge in [0.15, 0.2) is 0 Å². The van der Waals surface area contributed by atoms with E-state index in [9.17, 15) is 13.6 Å². The van der Waals surface area contributed by atoms with Crippen LogP contribution in [-0.2, 0) is 4.79 Å². The van der Waals surface area contributed by atoms with Crippen molar-refractivity contribution >= 4 is 5.91 Å². The van der Waals surface area contributed by atoms with Crippen molar-refractivity contribution in [3.05, 3.63) is 102 Å². The number of amides is 1. The van der Waals surface area contributed by atoms with Gasteiger partial charge in [0, 0.05) is 12.5 Å². The average molecular weight is 467 g/mol. The highest BCUT2D eigenvalue weighted by molar-refractivity contribution is 5.79. The Morgan fingerprint density at radius 3 is 1.97 bits per heavy atom. The summed E-state index contributed by atoms with van der Waals surface area (Å²) in [6.07, 6.45) is 0.685. The molecule has 1 amide bonds. The summed E-state index contributed by atoms with van der Waals surface area (Å²) in [6.45, 7) is 6.97. The topological polar surface area (TPSA) is 41.6 Å². The molecule has 1 atom stereocenters. The van der Waals surface area contributed by atoms with Gasteiger partial charge in [-0.1, -0.05) is 56.3 Å². The van der Waals surface area contributed by atoms with Gasteiger partial charge in [-0.2, -0.15) is 0 Å². The van der Waals surface area contributed by atoms with Crippen molar-refractivity contribution in [2.45, 2.75) is 26.3 Å².